The fraction of sp³-hybridized carbons (Fsp3) is 0.105. The van der Waals surface area contributed by atoms with Gasteiger partial charge in [0.15, 0.2) is 5.13 Å². The summed E-state index contributed by atoms with van der Waals surface area (Å²) >= 11 is 6.95. The molecule has 5 nitrogen and oxygen atoms in total. The van der Waals surface area contributed by atoms with E-state index in [1.54, 1.807) is 11.4 Å². The van der Waals surface area contributed by atoms with Crippen LogP contribution in [0.4, 0.5) is 13.9 Å². The van der Waals surface area contributed by atoms with Crippen LogP contribution in [0.25, 0.3) is 11.3 Å². The molecule has 1 aromatic heterocycles. The predicted molar refractivity (Wildman–Crippen MR) is 104 cm³/mol. The Labute approximate surface area is 168 Å². The monoisotopic (exact) mass is 421 g/mol. The smallest absolute Gasteiger partial charge is 0.245 e. The standard InChI is InChI=1S/C19H14ClF2N3O2S/c20-14-8-12(4-5-15(14)22)16-10-28-19(24-16)25-18(27)9-23-17(26)7-11-2-1-3-13(21)6-11/h1-6,8,10H,7,9H2,(H,23,26)(H,24,25,27). The molecular weight excluding hydrogens is 408 g/mol. The minimum atomic E-state index is -0.525. The Bertz CT molecular complexity index is 1030. The Morgan fingerprint density at radius 3 is 2.68 bits per heavy atom. The Hall–Kier alpha value is -2.84. The van der Waals surface area contributed by atoms with Crippen molar-refractivity contribution in [3.63, 3.8) is 0 Å². The minimum Gasteiger partial charge on any atom is -0.347 e. The van der Waals surface area contributed by atoms with Crippen molar-refractivity contribution in [1.29, 1.82) is 0 Å². The molecule has 2 aromatic carbocycles. The van der Waals surface area contributed by atoms with Crippen molar-refractivity contribution < 1.29 is 18.4 Å². The maximum atomic E-state index is 13.2. The molecule has 0 atom stereocenters. The Morgan fingerprint density at radius 2 is 1.93 bits per heavy atom. The van der Waals surface area contributed by atoms with E-state index in [-0.39, 0.29) is 18.0 Å². The highest BCUT2D eigenvalue weighted by Gasteiger charge is 2.11. The van der Waals surface area contributed by atoms with Gasteiger partial charge in [-0.25, -0.2) is 13.8 Å². The lowest BCUT2D eigenvalue weighted by Gasteiger charge is -2.05. The maximum Gasteiger partial charge on any atom is 0.245 e. The lowest BCUT2D eigenvalue weighted by Crippen LogP contribution is -2.33. The molecule has 0 bridgehead atoms. The van der Waals surface area contributed by atoms with Gasteiger partial charge in [-0.2, -0.15) is 0 Å². The van der Waals surface area contributed by atoms with Crippen molar-refractivity contribution in [1.82, 2.24) is 10.3 Å². The summed E-state index contributed by atoms with van der Waals surface area (Å²) in [6.45, 7) is -0.245. The summed E-state index contributed by atoms with van der Waals surface area (Å²) < 4.78 is 26.4. The Morgan fingerprint density at radius 1 is 1.11 bits per heavy atom. The van der Waals surface area contributed by atoms with E-state index in [1.807, 2.05) is 0 Å². The number of anilines is 1. The first-order valence-corrected chi connectivity index (χ1v) is 9.38. The zero-order valence-corrected chi connectivity index (χ0v) is 15.9. The quantitative estimate of drug-likeness (QED) is 0.631. The highest BCUT2D eigenvalue weighted by Crippen LogP contribution is 2.27. The number of nitrogens with zero attached hydrogens (tertiary/aromatic N) is 1. The van der Waals surface area contributed by atoms with Crippen LogP contribution < -0.4 is 10.6 Å². The third-order valence-corrected chi connectivity index (χ3v) is 4.71. The topological polar surface area (TPSA) is 71.1 Å². The number of carbonyl (C=O) groups excluding carboxylic acids is 2. The molecule has 0 saturated heterocycles. The van der Waals surface area contributed by atoms with Crippen LogP contribution in [-0.2, 0) is 16.0 Å². The number of hydrogen-bond donors (Lipinski definition) is 2. The second-order valence-electron chi connectivity index (χ2n) is 5.80. The number of benzene rings is 2. The predicted octanol–water partition coefficient (Wildman–Crippen LogP) is 4.04. The van der Waals surface area contributed by atoms with Crippen LogP contribution in [0.5, 0.6) is 0 Å². The molecule has 0 aliphatic carbocycles. The van der Waals surface area contributed by atoms with Crippen molar-refractivity contribution in [3.05, 3.63) is 70.1 Å². The van der Waals surface area contributed by atoms with Gasteiger partial charge in [0.1, 0.15) is 11.6 Å². The molecule has 0 aliphatic rings. The van der Waals surface area contributed by atoms with Crippen LogP contribution in [0.3, 0.4) is 0 Å². The van der Waals surface area contributed by atoms with E-state index in [4.69, 9.17) is 11.6 Å². The van der Waals surface area contributed by atoms with Crippen molar-refractivity contribution in [2.45, 2.75) is 6.42 Å². The van der Waals surface area contributed by atoms with Gasteiger partial charge in [-0.3, -0.25) is 9.59 Å². The van der Waals surface area contributed by atoms with Gasteiger partial charge in [-0.15, -0.1) is 11.3 Å². The lowest BCUT2D eigenvalue weighted by molar-refractivity contribution is -0.123. The third-order valence-electron chi connectivity index (χ3n) is 3.67. The van der Waals surface area contributed by atoms with Crippen molar-refractivity contribution in [2.24, 2.45) is 0 Å². The van der Waals surface area contributed by atoms with Gasteiger partial charge in [-0.05, 0) is 35.9 Å². The zero-order valence-electron chi connectivity index (χ0n) is 14.3. The molecule has 0 unspecified atom stereocenters. The number of halogens is 3. The molecule has 28 heavy (non-hydrogen) atoms. The van der Waals surface area contributed by atoms with Crippen molar-refractivity contribution >= 4 is 39.9 Å². The summed E-state index contributed by atoms with van der Waals surface area (Å²) in [6, 6.07) is 9.91. The number of carbonyl (C=O) groups is 2. The molecule has 3 rings (SSSR count). The van der Waals surface area contributed by atoms with Gasteiger partial charge >= 0.3 is 0 Å². The molecule has 0 aliphatic heterocycles. The molecule has 0 fully saturated rings. The van der Waals surface area contributed by atoms with Crippen LogP contribution in [0.2, 0.25) is 5.02 Å². The summed E-state index contributed by atoms with van der Waals surface area (Å²) in [5.41, 5.74) is 1.67. The molecular formula is C19H14ClF2N3O2S. The van der Waals surface area contributed by atoms with E-state index in [9.17, 15) is 18.4 Å². The Kier molecular flexibility index (Phi) is 6.33. The van der Waals surface area contributed by atoms with Gasteiger partial charge in [0.25, 0.3) is 0 Å². The molecule has 0 saturated carbocycles. The molecule has 0 radical (unpaired) electrons. The van der Waals surface area contributed by atoms with Crippen LogP contribution in [0.1, 0.15) is 5.56 Å². The minimum absolute atomic E-state index is 0.0166. The number of thiazole rings is 1. The largest absolute Gasteiger partial charge is 0.347 e. The molecule has 1 heterocycles. The normalized spacial score (nSPS) is 10.5. The summed E-state index contributed by atoms with van der Waals surface area (Å²) in [6.07, 6.45) is -0.0300. The first kappa shape index (κ1) is 19.9. The highest BCUT2D eigenvalue weighted by molar-refractivity contribution is 7.14. The van der Waals surface area contributed by atoms with E-state index in [0.717, 1.165) is 0 Å². The zero-order chi connectivity index (χ0) is 20.1. The molecule has 2 N–H and O–H groups in total. The summed E-state index contributed by atoms with van der Waals surface area (Å²) in [4.78, 5) is 28.1. The van der Waals surface area contributed by atoms with Gasteiger partial charge in [0.05, 0.1) is 23.7 Å². The number of nitrogens with one attached hydrogen (secondary N) is 2. The fourth-order valence-electron chi connectivity index (χ4n) is 2.36. The van der Waals surface area contributed by atoms with E-state index < -0.39 is 23.4 Å². The average Bonchev–Trinajstić information content (AvgIpc) is 3.11. The number of amides is 2. The summed E-state index contributed by atoms with van der Waals surface area (Å²) in [5.74, 6) is -1.81. The van der Waals surface area contributed by atoms with Crippen LogP contribution >= 0.6 is 22.9 Å². The third kappa shape index (κ3) is 5.34. The second-order valence-corrected chi connectivity index (χ2v) is 7.06. The van der Waals surface area contributed by atoms with Gasteiger partial charge in [0.2, 0.25) is 11.8 Å². The van der Waals surface area contributed by atoms with Gasteiger partial charge in [-0.1, -0.05) is 23.7 Å². The van der Waals surface area contributed by atoms with Gasteiger partial charge in [0, 0.05) is 10.9 Å². The molecule has 2 amide bonds. The number of rotatable bonds is 6. The van der Waals surface area contributed by atoms with Crippen LogP contribution in [0.15, 0.2) is 47.8 Å². The maximum absolute atomic E-state index is 13.2. The van der Waals surface area contributed by atoms with Crippen molar-refractivity contribution in [2.75, 3.05) is 11.9 Å². The number of aromatic nitrogens is 1. The molecule has 9 heteroatoms. The highest BCUT2D eigenvalue weighted by atomic mass is 35.5. The molecule has 144 valence electrons. The first-order valence-electron chi connectivity index (χ1n) is 8.12. The van der Waals surface area contributed by atoms with E-state index >= 15 is 0 Å². The van der Waals surface area contributed by atoms with E-state index in [1.165, 1.54) is 47.7 Å². The van der Waals surface area contributed by atoms with Gasteiger partial charge < -0.3 is 10.6 Å². The summed E-state index contributed by atoms with van der Waals surface area (Å²) in [5, 5.41) is 7.05. The van der Waals surface area contributed by atoms with Crippen molar-refractivity contribution in [3.8, 4) is 11.3 Å². The SMILES string of the molecule is O=C(Cc1cccc(F)c1)NCC(=O)Nc1nc(-c2ccc(F)c(Cl)c2)cs1. The molecule has 0 spiro atoms. The lowest BCUT2D eigenvalue weighted by atomic mass is 10.1. The summed E-state index contributed by atoms with van der Waals surface area (Å²) in [7, 11) is 0. The second kappa shape index (κ2) is 8.90. The van der Waals surface area contributed by atoms with Crippen LogP contribution in [-0.4, -0.2) is 23.3 Å². The number of hydrogen-bond acceptors (Lipinski definition) is 4. The molecule has 3 aromatic rings. The van der Waals surface area contributed by atoms with Crippen LogP contribution in [0, 0.1) is 11.6 Å². The first-order chi connectivity index (χ1) is 13.4. The van der Waals surface area contributed by atoms with E-state index in [0.29, 0.717) is 22.0 Å². The van der Waals surface area contributed by atoms with E-state index in [2.05, 4.69) is 15.6 Å². The average molecular weight is 422 g/mol. The Balaban J connectivity index is 1.51. The fourth-order valence-corrected chi connectivity index (χ4v) is 3.27.